The molecule has 0 saturated heterocycles. The van der Waals surface area contributed by atoms with Crippen LogP contribution in [0.15, 0.2) is 30.3 Å². The highest BCUT2D eigenvalue weighted by molar-refractivity contribution is 7.85. The Bertz CT molecular complexity index is 522. The highest BCUT2D eigenvalue weighted by Gasteiger charge is 2.31. The summed E-state index contributed by atoms with van der Waals surface area (Å²) in [4.78, 5) is 3.55. The first kappa shape index (κ1) is 14.6. The van der Waals surface area contributed by atoms with Gasteiger partial charge in [0.1, 0.15) is 0 Å². The van der Waals surface area contributed by atoms with Gasteiger partial charge in [0.15, 0.2) is 0 Å². The first-order chi connectivity index (χ1) is 8.37. The maximum Gasteiger partial charge on any atom is 0.309 e. The Morgan fingerprint density at radius 3 is 2.50 bits per heavy atom. The average Bonchev–Trinajstić information content (AvgIpc) is 2.34. The molecule has 0 aliphatic rings. The average molecular weight is 268 g/mol. The van der Waals surface area contributed by atoms with E-state index in [2.05, 4.69) is 10.2 Å². The third-order valence-corrected chi connectivity index (χ3v) is 3.41. The van der Waals surface area contributed by atoms with Crippen LogP contribution in [0, 0.1) is 6.57 Å². The normalized spacial score (nSPS) is 14.7. The molecule has 1 atom stereocenters. The summed E-state index contributed by atoms with van der Waals surface area (Å²) in [5.41, 5.74) is -0.0487. The van der Waals surface area contributed by atoms with Crippen molar-refractivity contribution in [1.29, 1.82) is 0 Å². The SMILES string of the molecule is [C-]#[N+]C(C)(NCCCS(=O)(=O)O)c1ccccc1. The molecule has 1 aromatic rings. The van der Waals surface area contributed by atoms with Crippen molar-refractivity contribution in [1.82, 2.24) is 5.32 Å². The molecule has 0 heterocycles. The molecule has 1 rings (SSSR count). The molecule has 18 heavy (non-hydrogen) atoms. The number of hydrogen-bond acceptors (Lipinski definition) is 3. The number of hydrogen-bond donors (Lipinski definition) is 2. The zero-order chi connectivity index (χ0) is 13.6. The molecule has 0 aromatic heterocycles. The lowest BCUT2D eigenvalue weighted by Gasteiger charge is -2.18. The Kier molecular flexibility index (Phi) is 4.84. The molecule has 1 aromatic carbocycles. The molecule has 0 saturated carbocycles. The van der Waals surface area contributed by atoms with Crippen molar-refractivity contribution in [2.45, 2.75) is 19.0 Å². The van der Waals surface area contributed by atoms with E-state index < -0.39 is 15.8 Å². The van der Waals surface area contributed by atoms with Gasteiger partial charge >= 0.3 is 5.66 Å². The molecule has 0 aliphatic heterocycles. The number of rotatable bonds is 6. The molecule has 0 fully saturated rings. The van der Waals surface area contributed by atoms with E-state index >= 15 is 0 Å². The third kappa shape index (κ3) is 4.45. The van der Waals surface area contributed by atoms with Gasteiger partial charge in [-0.05, 0) is 18.6 Å². The molecule has 1 unspecified atom stereocenters. The minimum Gasteiger partial charge on any atom is -0.288 e. The van der Waals surface area contributed by atoms with Crippen LogP contribution in [0.25, 0.3) is 4.85 Å². The molecule has 0 aliphatic carbocycles. The predicted octanol–water partition coefficient (Wildman–Crippen LogP) is 1.65. The molecule has 0 bridgehead atoms. The number of nitrogens with zero attached hydrogens (tertiary/aromatic N) is 1. The molecule has 98 valence electrons. The van der Waals surface area contributed by atoms with Crippen LogP contribution in [0.3, 0.4) is 0 Å². The topological polar surface area (TPSA) is 70.8 Å². The van der Waals surface area contributed by atoms with Crippen molar-refractivity contribution in [3.05, 3.63) is 47.3 Å². The van der Waals surface area contributed by atoms with E-state index in [0.717, 1.165) is 5.56 Å². The fourth-order valence-electron chi connectivity index (χ4n) is 1.56. The Balaban J connectivity index is 2.60. The van der Waals surface area contributed by atoms with Gasteiger partial charge in [-0.2, -0.15) is 8.42 Å². The Labute approximate surface area is 107 Å². The fourth-order valence-corrected chi connectivity index (χ4v) is 2.06. The van der Waals surface area contributed by atoms with E-state index in [1.807, 2.05) is 30.3 Å². The van der Waals surface area contributed by atoms with Crippen molar-refractivity contribution in [2.75, 3.05) is 12.3 Å². The van der Waals surface area contributed by atoms with Crippen LogP contribution in [-0.4, -0.2) is 25.3 Å². The molecule has 2 N–H and O–H groups in total. The van der Waals surface area contributed by atoms with Gasteiger partial charge < -0.3 is 0 Å². The largest absolute Gasteiger partial charge is 0.309 e. The minimum atomic E-state index is -3.93. The summed E-state index contributed by atoms with van der Waals surface area (Å²) in [6.45, 7) is 9.33. The quantitative estimate of drug-likeness (QED) is 0.467. The Hall–Kier alpha value is -1.42. The van der Waals surface area contributed by atoms with Gasteiger partial charge in [-0.3, -0.25) is 9.40 Å². The first-order valence-electron chi connectivity index (χ1n) is 5.52. The summed E-state index contributed by atoms with van der Waals surface area (Å²) in [5.74, 6) is -0.303. The second-order valence-corrected chi connectivity index (χ2v) is 5.69. The molecule has 5 nitrogen and oxygen atoms in total. The summed E-state index contributed by atoms with van der Waals surface area (Å²) in [7, 11) is -3.93. The molecular formula is C12H16N2O3S. The van der Waals surface area contributed by atoms with Gasteiger partial charge in [0, 0.05) is 13.5 Å². The van der Waals surface area contributed by atoms with E-state index in [-0.39, 0.29) is 12.2 Å². The zero-order valence-corrected chi connectivity index (χ0v) is 10.9. The lowest BCUT2D eigenvalue weighted by Crippen LogP contribution is -2.37. The van der Waals surface area contributed by atoms with E-state index in [0.29, 0.717) is 6.54 Å². The van der Waals surface area contributed by atoms with Crippen LogP contribution in [0.4, 0.5) is 0 Å². The second-order valence-electron chi connectivity index (χ2n) is 4.12. The standard InChI is InChI=1S/C12H16N2O3S/c1-12(13-2,11-7-4-3-5-8-11)14-9-6-10-18(15,16)17/h3-5,7-8,14H,6,9-10H2,1H3,(H,15,16,17). The summed E-state index contributed by atoms with van der Waals surface area (Å²) in [6, 6.07) is 9.24. The van der Waals surface area contributed by atoms with Crippen molar-refractivity contribution in [3.63, 3.8) is 0 Å². The lowest BCUT2D eigenvalue weighted by atomic mass is 10.0. The predicted molar refractivity (Wildman–Crippen MR) is 69.4 cm³/mol. The van der Waals surface area contributed by atoms with Gasteiger partial charge in [-0.1, -0.05) is 18.2 Å². The highest BCUT2D eigenvalue weighted by atomic mass is 32.2. The van der Waals surface area contributed by atoms with Crippen LogP contribution >= 0.6 is 0 Å². The van der Waals surface area contributed by atoms with Gasteiger partial charge in [0.2, 0.25) is 0 Å². The maximum absolute atomic E-state index is 10.6. The van der Waals surface area contributed by atoms with E-state index in [9.17, 15) is 8.42 Å². The molecular weight excluding hydrogens is 252 g/mol. The zero-order valence-electron chi connectivity index (χ0n) is 10.1. The molecule has 0 radical (unpaired) electrons. The lowest BCUT2D eigenvalue weighted by molar-refractivity contribution is 0.443. The van der Waals surface area contributed by atoms with Crippen molar-refractivity contribution in [2.24, 2.45) is 0 Å². The van der Waals surface area contributed by atoms with Crippen LogP contribution < -0.4 is 5.32 Å². The second kappa shape index (κ2) is 5.96. The summed E-state index contributed by atoms with van der Waals surface area (Å²) in [6.07, 6.45) is 0.261. The van der Waals surface area contributed by atoms with Crippen molar-refractivity contribution < 1.29 is 13.0 Å². The Morgan fingerprint density at radius 1 is 1.39 bits per heavy atom. The fraction of sp³-hybridized carbons (Fsp3) is 0.417. The third-order valence-electron chi connectivity index (χ3n) is 2.61. The van der Waals surface area contributed by atoms with Gasteiger partial charge in [0.25, 0.3) is 10.1 Å². The molecule has 0 spiro atoms. The smallest absolute Gasteiger partial charge is 0.288 e. The monoisotopic (exact) mass is 268 g/mol. The summed E-state index contributed by atoms with van der Waals surface area (Å²) >= 11 is 0. The van der Waals surface area contributed by atoms with Crippen LogP contribution in [0.5, 0.6) is 0 Å². The van der Waals surface area contributed by atoms with E-state index in [1.54, 1.807) is 6.92 Å². The van der Waals surface area contributed by atoms with E-state index in [1.165, 1.54) is 0 Å². The van der Waals surface area contributed by atoms with Crippen molar-refractivity contribution in [3.8, 4) is 0 Å². The van der Waals surface area contributed by atoms with Crippen LogP contribution in [-0.2, 0) is 15.8 Å². The molecule has 0 amide bonds. The van der Waals surface area contributed by atoms with Gasteiger partial charge in [-0.15, -0.1) is 0 Å². The minimum absolute atomic E-state index is 0.261. The van der Waals surface area contributed by atoms with Crippen molar-refractivity contribution >= 4 is 10.1 Å². The van der Waals surface area contributed by atoms with Gasteiger partial charge in [-0.25, -0.2) is 11.9 Å². The Morgan fingerprint density at radius 2 is 2.00 bits per heavy atom. The highest BCUT2D eigenvalue weighted by Crippen LogP contribution is 2.21. The first-order valence-corrected chi connectivity index (χ1v) is 7.13. The number of benzene rings is 1. The number of nitrogens with one attached hydrogen (secondary N) is 1. The van der Waals surface area contributed by atoms with Crippen LogP contribution in [0.1, 0.15) is 18.9 Å². The van der Waals surface area contributed by atoms with E-state index in [4.69, 9.17) is 11.1 Å². The van der Waals surface area contributed by atoms with Gasteiger partial charge in [0.05, 0.1) is 11.3 Å². The van der Waals surface area contributed by atoms with Crippen LogP contribution in [0.2, 0.25) is 0 Å². The maximum atomic E-state index is 10.6. The summed E-state index contributed by atoms with van der Waals surface area (Å²) < 4.78 is 29.7. The molecule has 6 heteroatoms. The summed E-state index contributed by atoms with van der Waals surface area (Å²) in [5, 5.41) is 3.00.